The Balaban J connectivity index is 4.24. The monoisotopic (exact) mass is 232 g/mol. The van der Waals surface area contributed by atoms with E-state index in [0.717, 1.165) is 0 Å². The van der Waals surface area contributed by atoms with Crippen molar-refractivity contribution in [3.63, 3.8) is 0 Å². The van der Waals surface area contributed by atoms with Crippen LogP contribution in [0.2, 0.25) is 0 Å². The summed E-state index contributed by atoms with van der Waals surface area (Å²) < 4.78 is 15.5. The molecule has 0 saturated carbocycles. The molecule has 0 bridgehead atoms. The second-order valence-corrected chi connectivity index (χ2v) is 6.56. The zero-order valence-corrected chi connectivity index (χ0v) is 9.98. The molecule has 1 atom stereocenters. The molecule has 0 N–H and O–H groups in total. The molecule has 74 valence electrons. The lowest BCUT2D eigenvalue weighted by molar-refractivity contribution is 0.120. The largest absolute Gasteiger partial charge is 0.519 e. The van der Waals surface area contributed by atoms with Gasteiger partial charge >= 0.3 is 8.80 Å². The average Bonchev–Trinajstić information content (AvgIpc) is 2.09. The van der Waals surface area contributed by atoms with Gasteiger partial charge in [0.05, 0.1) is 0 Å². The summed E-state index contributed by atoms with van der Waals surface area (Å²) in [6, 6.07) is 0. The van der Waals surface area contributed by atoms with Crippen molar-refractivity contribution in [2.24, 2.45) is 0 Å². The van der Waals surface area contributed by atoms with E-state index in [4.69, 9.17) is 36.5 Å². The summed E-state index contributed by atoms with van der Waals surface area (Å²) in [4.78, 5) is 0. The quantitative estimate of drug-likeness (QED) is 0.515. The summed E-state index contributed by atoms with van der Waals surface area (Å²) in [6.07, 6.45) is 0.616. The molecule has 0 radical (unpaired) electrons. The van der Waals surface area contributed by atoms with Crippen molar-refractivity contribution in [1.82, 2.24) is 0 Å². The molecule has 0 saturated heterocycles. The van der Waals surface area contributed by atoms with E-state index < -0.39 is 8.80 Å². The van der Waals surface area contributed by atoms with Crippen LogP contribution in [0.5, 0.6) is 0 Å². The number of hydrogen-bond donors (Lipinski definition) is 0. The molecule has 0 heterocycles. The van der Waals surface area contributed by atoms with E-state index in [0.29, 0.717) is 12.3 Å². The van der Waals surface area contributed by atoms with Crippen LogP contribution in [0.4, 0.5) is 0 Å². The van der Waals surface area contributed by atoms with Crippen LogP contribution in [0.25, 0.3) is 0 Å². The van der Waals surface area contributed by atoms with E-state index in [-0.39, 0.29) is 5.00 Å². The Morgan fingerprint density at radius 2 is 1.58 bits per heavy atom. The first-order valence-corrected chi connectivity index (χ1v) is 6.29. The minimum atomic E-state index is -2.66. The van der Waals surface area contributed by atoms with Gasteiger partial charge in [0.2, 0.25) is 0 Å². The van der Waals surface area contributed by atoms with Crippen molar-refractivity contribution in [3.8, 4) is 0 Å². The highest BCUT2D eigenvalue weighted by molar-refractivity contribution is 6.71. The first-order chi connectivity index (χ1) is 5.66. The van der Waals surface area contributed by atoms with Gasteiger partial charge < -0.3 is 13.3 Å². The molecule has 12 heavy (non-hydrogen) atoms. The van der Waals surface area contributed by atoms with E-state index in [9.17, 15) is 0 Å². The van der Waals surface area contributed by atoms with Gasteiger partial charge in [-0.3, -0.25) is 0 Å². The van der Waals surface area contributed by atoms with Crippen LogP contribution in [0.1, 0.15) is 6.42 Å². The Morgan fingerprint density at radius 3 is 1.83 bits per heavy atom. The fraction of sp³-hybridized carbons (Fsp3) is 1.00. The zero-order valence-electron chi connectivity index (χ0n) is 7.47. The molecule has 6 heteroatoms. The first-order valence-electron chi connectivity index (χ1n) is 3.52. The van der Waals surface area contributed by atoms with Crippen molar-refractivity contribution in [3.05, 3.63) is 0 Å². The summed E-state index contributed by atoms with van der Waals surface area (Å²) in [5.74, 6) is 0.471. The maximum Gasteiger partial charge on any atom is 0.519 e. The Morgan fingerprint density at radius 1 is 1.17 bits per heavy atom. The average molecular weight is 233 g/mol. The molecule has 0 amide bonds. The highest BCUT2D eigenvalue weighted by Gasteiger charge is 2.46. The van der Waals surface area contributed by atoms with Gasteiger partial charge in [0.1, 0.15) is 5.00 Å². The lowest BCUT2D eigenvalue weighted by atomic mass is 10.6. The predicted molar refractivity (Wildman–Crippen MR) is 51.8 cm³/mol. The normalized spacial score (nSPS) is 14.8. The molecule has 0 aliphatic heterocycles. The highest BCUT2D eigenvalue weighted by atomic mass is 35.5. The second kappa shape index (κ2) is 6.18. The molecule has 0 aromatic rings. The SMILES string of the molecule is CO[Si](OC)(OC)C(Cl)CCCl. The van der Waals surface area contributed by atoms with Gasteiger partial charge in [-0.05, 0) is 6.42 Å². The Kier molecular flexibility index (Phi) is 6.53. The lowest BCUT2D eigenvalue weighted by Gasteiger charge is -2.28. The van der Waals surface area contributed by atoms with E-state index in [1.54, 1.807) is 0 Å². The van der Waals surface area contributed by atoms with Crippen molar-refractivity contribution in [2.75, 3.05) is 27.2 Å². The van der Waals surface area contributed by atoms with Gasteiger partial charge in [0.25, 0.3) is 0 Å². The summed E-state index contributed by atoms with van der Waals surface area (Å²) >= 11 is 11.6. The second-order valence-electron chi connectivity index (χ2n) is 2.16. The molecule has 0 fully saturated rings. The molecular formula is C6H14Cl2O3Si. The molecule has 0 spiro atoms. The van der Waals surface area contributed by atoms with Crippen molar-refractivity contribution < 1.29 is 13.3 Å². The lowest BCUT2D eigenvalue weighted by Crippen LogP contribution is -2.52. The van der Waals surface area contributed by atoms with Gasteiger partial charge in [-0.1, -0.05) is 0 Å². The summed E-state index contributed by atoms with van der Waals surface area (Å²) in [7, 11) is 1.93. The van der Waals surface area contributed by atoms with Crippen LogP contribution in [0, 0.1) is 0 Å². The Bertz CT molecular complexity index is 113. The molecule has 0 aliphatic carbocycles. The minimum Gasteiger partial charge on any atom is -0.376 e. The Labute approximate surface area is 84.3 Å². The van der Waals surface area contributed by atoms with Crippen LogP contribution in [-0.4, -0.2) is 41.0 Å². The molecule has 0 aromatic carbocycles. The predicted octanol–water partition coefficient (Wildman–Crippen LogP) is 1.64. The van der Waals surface area contributed by atoms with Gasteiger partial charge in [0, 0.05) is 27.2 Å². The number of halogens is 2. The molecule has 0 aliphatic rings. The van der Waals surface area contributed by atoms with Gasteiger partial charge in [-0.15, -0.1) is 23.2 Å². The molecule has 0 aromatic heterocycles. The smallest absolute Gasteiger partial charge is 0.376 e. The molecule has 0 rings (SSSR count). The fourth-order valence-electron chi connectivity index (χ4n) is 0.906. The summed E-state index contributed by atoms with van der Waals surface area (Å²) in [6.45, 7) is 0. The third-order valence-electron chi connectivity index (χ3n) is 1.60. The van der Waals surface area contributed by atoms with Crippen LogP contribution in [0.15, 0.2) is 0 Å². The topological polar surface area (TPSA) is 27.7 Å². The summed E-state index contributed by atoms with van der Waals surface area (Å²) in [5, 5.41) is -0.282. The van der Waals surface area contributed by atoms with Gasteiger partial charge in [-0.25, -0.2) is 0 Å². The van der Waals surface area contributed by atoms with Crippen LogP contribution < -0.4 is 0 Å². The third-order valence-corrected chi connectivity index (χ3v) is 5.60. The fourth-order valence-corrected chi connectivity index (χ4v) is 4.10. The van der Waals surface area contributed by atoms with Gasteiger partial charge in [0.15, 0.2) is 0 Å². The third kappa shape index (κ3) is 2.87. The van der Waals surface area contributed by atoms with Crippen LogP contribution >= 0.6 is 23.2 Å². The number of alkyl halides is 2. The van der Waals surface area contributed by atoms with Gasteiger partial charge in [-0.2, -0.15) is 0 Å². The van der Waals surface area contributed by atoms with Crippen molar-refractivity contribution in [1.29, 1.82) is 0 Å². The van der Waals surface area contributed by atoms with Crippen molar-refractivity contribution >= 4 is 32.0 Å². The van der Waals surface area contributed by atoms with E-state index >= 15 is 0 Å². The van der Waals surface area contributed by atoms with Crippen molar-refractivity contribution in [2.45, 2.75) is 11.4 Å². The minimum absolute atomic E-state index is 0.282. The number of rotatable bonds is 6. The van der Waals surface area contributed by atoms with Crippen LogP contribution in [-0.2, 0) is 13.3 Å². The standard InChI is InChI=1S/C6H14Cl2O3Si/c1-9-12(10-2,11-3)6(8)4-5-7/h6H,4-5H2,1-3H3. The Hall–Kier alpha value is 0.677. The zero-order chi connectivity index (χ0) is 9.61. The van der Waals surface area contributed by atoms with E-state index in [1.165, 1.54) is 21.3 Å². The molecular weight excluding hydrogens is 219 g/mol. The van der Waals surface area contributed by atoms with Crippen LogP contribution in [0.3, 0.4) is 0 Å². The molecule has 3 nitrogen and oxygen atoms in total. The van der Waals surface area contributed by atoms with E-state index in [2.05, 4.69) is 0 Å². The van der Waals surface area contributed by atoms with E-state index in [1.807, 2.05) is 0 Å². The maximum absolute atomic E-state index is 6.01. The maximum atomic E-state index is 6.01. The number of hydrogen-bond acceptors (Lipinski definition) is 3. The highest BCUT2D eigenvalue weighted by Crippen LogP contribution is 2.20. The first kappa shape index (κ1) is 12.7. The molecule has 1 unspecified atom stereocenters. The summed E-state index contributed by atoms with van der Waals surface area (Å²) in [5.41, 5.74) is 0.